The average Bonchev–Trinajstić information content (AvgIpc) is 2.67. The summed E-state index contributed by atoms with van der Waals surface area (Å²) in [7, 11) is 0. The molecule has 1 heterocycles. The lowest BCUT2D eigenvalue weighted by atomic mass is 10.2. The van der Waals surface area contributed by atoms with Crippen molar-refractivity contribution < 1.29 is 24.5 Å². The first-order valence-corrected chi connectivity index (χ1v) is 4.22. The van der Waals surface area contributed by atoms with Gasteiger partial charge in [0.2, 0.25) is 5.76 Å². The maximum absolute atomic E-state index is 10.5. The van der Waals surface area contributed by atoms with E-state index in [-0.39, 0.29) is 11.5 Å². The molecule has 1 atom stereocenters. The minimum Gasteiger partial charge on any atom is -0.507 e. The average molecular weight is 208 g/mol. The Hall–Kier alpha value is -2.17. The van der Waals surface area contributed by atoms with Crippen LogP contribution in [0.5, 0.6) is 5.75 Å². The van der Waals surface area contributed by atoms with E-state index in [1.165, 1.54) is 6.07 Å². The third-order valence-electron chi connectivity index (χ3n) is 1.93. The van der Waals surface area contributed by atoms with Gasteiger partial charge in [-0.2, -0.15) is 0 Å². The summed E-state index contributed by atoms with van der Waals surface area (Å²) < 4.78 is 9.94. The molecule has 0 radical (unpaired) electrons. The number of phenolic OH excluding ortho intramolecular Hbond substituents is 1. The van der Waals surface area contributed by atoms with Crippen molar-refractivity contribution in [3.05, 3.63) is 41.9 Å². The van der Waals surface area contributed by atoms with Crippen LogP contribution >= 0.6 is 0 Å². The predicted octanol–water partition coefficient (Wildman–Crippen LogP) is 1.36. The number of para-hydroxylation sites is 1. The summed E-state index contributed by atoms with van der Waals surface area (Å²) in [5.74, 6) is -1.47. The highest BCUT2D eigenvalue weighted by Crippen LogP contribution is 2.33. The number of carboxylic acids is 1. The first-order chi connectivity index (χ1) is 7.18. The Morgan fingerprint density at radius 2 is 2.07 bits per heavy atom. The quantitative estimate of drug-likeness (QED) is 0.767. The Kier molecular flexibility index (Phi) is 2.21. The van der Waals surface area contributed by atoms with Crippen LogP contribution in [0.2, 0.25) is 0 Å². The van der Waals surface area contributed by atoms with Gasteiger partial charge in [0.1, 0.15) is 12.0 Å². The lowest BCUT2D eigenvalue weighted by molar-refractivity contribution is -0.139. The number of aliphatic carboxylic acids is 1. The van der Waals surface area contributed by atoms with Crippen LogP contribution in [0.3, 0.4) is 0 Å². The Balaban J connectivity index is 2.17. The van der Waals surface area contributed by atoms with Crippen molar-refractivity contribution in [3.63, 3.8) is 0 Å². The second kappa shape index (κ2) is 3.53. The van der Waals surface area contributed by atoms with E-state index in [4.69, 9.17) is 14.6 Å². The molecule has 0 amide bonds. The number of phenols is 1. The van der Waals surface area contributed by atoms with Crippen LogP contribution in [0.4, 0.5) is 0 Å². The zero-order chi connectivity index (χ0) is 10.8. The number of rotatable bonds is 2. The van der Waals surface area contributed by atoms with Crippen molar-refractivity contribution in [2.24, 2.45) is 0 Å². The van der Waals surface area contributed by atoms with Gasteiger partial charge >= 0.3 is 5.97 Å². The lowest BCUT2D eigenvalue weighted by Gasteiger charge is -2.12. The number of benzene rings is 1. The van der Waals surface area contributed by atoms with Gasteiger partial charge in [-0.3, -0.25) is 0 Å². The molecule has 2 rings (SSSR count). The van der Waals surface area contributed by atoms with Gasteiger partial charge in [-0.15, -0.1) is 0 Å². The van der Waals surface area contributed by atoms with E-state index in [1.807, 2.05) is 0 Å². The maximum atomic E-state index is 10.5. The zero-order valence-electron chi connectivity index (χ0n) is 7.58. The number of carbonyl (C=O) groups is 1. The van der Waals surface area contributed by atoms with E-state index in [9.17, 15) is 9.90 Å². The first-order valence-electron chi connectivity index (χ1n) is 4.22. The van der Waals surface area contributed by atoms with Crippen LogP contribution in [-0.2, 0) is 14.3 Å². The van der Waals surface area contributed by atoms with E-state index in [1.54, 1.807) is 18.2 Å². The van der Waals surface area contributed by atoms with Crippen LogP contribution in [0.15, 0.2) is 36.3 Å². The molecule has 0 saturated heterocycles. The van der Waals surface area contributed by atoms with Gasteiger partial charge in [0, 0.05) is 0 Å². The maximum Gasteiger partial charge on any atom is 0.374 e. The molecule has 0 fully saturated rings. The molecular weight excluding hydrogens is 200 g/mol. The molecule has 1 unspecified atom stereocenters. The van der Waals surface area contributed by atoms with Gasteiger partial charge in [-0.1, -0.05) is 12.1 Å². The summed E-state index contributed by atoms with van der Waals surface area (Å²) in [6.45, 7) is 0. The molecule has 5 heteroatoms. The van der Waals surface area contributed by atoms with Crippen molar-refractivity contribution in [2.45, 2.75) is 6.29 Å². The van der Waals surface area contributed by atoms with E-state index in [0.717, 1.165) is 6.26 Å². The predicted molar refractivity (Wildman–Crippen MR) is 48.7 cm³/mol. The van der Waals surface area contributed by atoms with Gasteiger partial charge in [0.15, 0.2) is 0 Å². The third-order valence-corrected chi connectivity index (χ3v) is 1.93. The Labute approximate surface area is 85.2 Å². The van der Waals surface area contributed by atoms with E-state index >= 15 is 0 Å². The largest absolute Gasteiger partial charge is 0.507 e. The van der Waals surface area contributed by atoms with Crippen LogP contribution in [0.1, 0.15) is 11.9 Å². The van der Waals surface area contributed by atoms with Crippen molar-refractivity contribution in [1.29, 1.82) is 0 Å². The van der Waals surface area contributed by atoms with Gasteiger partial charge in [-0.25, -0.2) is 4.79 Å². The summed E-state index contributed by atoms with van der Waals surface area (Å²) in [6, 6.07) is 6.42. The Bertz CT molecular complexity index is 424. The van der Waals surface area contributed by atoms with E-state index in [2.05, 4.69) is 0 Å². The minimum atomic E-state index is -1.20. The molecule has 78 valence electrons. The van der Waals surface area contributed by atoms with Crippen LogP contribution < -0.4 is 0 Å². The van der Waals surface area contributed by atoms with Gasteiger partial charge < -0.3 is 19.7 Å². The molecule has 1 aliphatic heterocycles. The molecule has 1 aliphatic rings. The molecule has 0 bridgehead atoms. The molecule has 1 aromatic carbocycles. The second-order valence-corrected chi connectivity index (χ2v) is 2.93. The standard InChI is InChI=1S/C10H8O5/c11-7-4-2-1-3-6(7)10-14-5-8(15-10)9(12)13/h1-5,10-11H,(H,12,13). The fraction of sp³-hybridized carbons (Fsp3) is 0.100. The van der Waals surface area contributed by atoms with Crippen LogP contribution in [0, 0.1) is 0 Å². The molecule has 1 aromatic rings. The number of carboxylic acid groups (broad SMARTS) is 1. The number of hydrogen-bond donors (Lipinski definition) is 2. The van der Waals surface area contributed by atoms with Gasteiger partial charge in [0.25, 0.3) is 6.29 Å². The topological polar surface area (TPSA) is 76.0 Å². The van der Waals surface area contributed by atoms with E-state index < -0.39 is 12.3 Å². The van der Waals surface area contributed by atoms with Crippen molar-refractivity contribution in [2.75, 3.05) is 0 Å². The van der Waals surface area contributed by atoms with Crippen LogP contribution in [0.25, 0.3) is 0 Å². The fourth-order valence-electron chi connectivity index (χ4n) is 1.22. The molecule has 2 N–H and O–H groups in total. The highest BCUT2D eigenvalue weighted by molar-refractivity contribution is 5.84. The summed E-state index contributed by atoms with van der Waals surface area (Å²) >= 11 is 0. The lowest BCUT2D eigenvalue weighted by Crippen LogP contribution is -2.04. The molecule has 0 aliphatic carbocycles. The Morgan fingerprint density at radius 1 is 1.33 bits per heavy atom. The minimum absolute atomic E-state index is 0.00235. The molecule has 0 saturated carbocycles. The number of ether oxygens (including phenoxy) is 2. The number of aromatic hydroxyl groups is 1. The highest BCUT2D eigenvalue weighted by Gasteiger charge is 2.27. The summed E-state index contributed by atoms with van der Waals surface area (Å²) in [6.07, 6.45) is 0.122. The molecular formula is C10H8O5. The van der Waals surface area contributed by atoms with Crippen molar-refractivity contribution >= 4 is 5.97 Å². The van der Waals surface area contributed by atoms with E-state index in [0.29, 0.717) is 5.56 Å². The zero-order valence-corrected chi connectivity index (χ0v) is 7.58. The van der Waals surface area contributed by atoms with Gasteiger partial charge in [-0.05, 0) is 12.1 Å². The van der Waals surface area contributed by atoms with Crippen molar-refractivity contribution in [3.8, 4) is 5.75 Å². The summed E-state index contributed by atoms with van der Waals surface area (Å²) in [5, 5.41) is 18.1. The van der Waals surface area contributed by atoms with Crippen LogP contribution in [-0.4, -0.2) is 16.2 Å². The summed E-state index contributed by atoms with van der Waals surface area (Å²) in [4.78, 5) is 10.5. The SMILES string of the molecule is O=C(O)C1=COC(c2ccccc2O)O1. The monoisotopic (exact) mass is 208 g/mol. The Morgan fingerprint density at radius 3 is 2.67 bits per heavy atom. The molecule has 5 nitrogen and oxygen atoms in total. The molecule has 0 aromatic heterocycles. The fourth-order valence-corrected chi connectivity index (χ4v) is 1.22. The second-order valence-electron chi connectivity index (χ2n) is 2.93. The smallest absolute Gasteiger partial charge is 0.374 e. The summed E-state index contributed by atoms with van der Waals surface area (Å²) in [5.41, 5.74) is 0.394. The van der Waals surface area contributed by atoms with Gasteiger partial charge in [0.05, 0.1) is 5.56 Å². The first kappa shape index (κ1) is 9.39. The number of hydrogen-bond acceptors (Lipinski definition) is 4. The normalized spacial score (nSPS) is 18.9. The highest BCUT2D eigenvalue weighted by atomic mass is 16.7. The molecule has 0 spiro atoms. The molecule has 15 heavy (non-hydrogen) atoms. The third kappa shape index (κ3) is 1.71. The van der Waals surface area contributed by atoms with Crippen molar-refractivity contribution in [1.82, 2.24) is 0 Å².